The van der Waals surface area contributed by atoms with E-state index in [9.17, 15) is 5.11 Å². The number of aliphatic hydroxyl groups is 1. The van der Waals surface area contributed by atoms with Crippen molar-refractivity contribution < 1.29 is 5.11 Å². The van der Waals surface area contributed by atoms with E-state index in [1.165, 1.54) is 22.9 Å². The molecule has 2 aromatic rings. The summed E-state index contributed by atoms with van der Waals surface area (Å²) in [6.07, 6.45) is 14.1. The van der Waals surface area contributed by atoms with Crippen LogP contribution >= 0.6 is 0 Å². The van der Waals surface area contributed by atoms with Gasteiger partial charge in [0.25, 0.3) is 0 Å². The van der Waals surface area contributed by atoms with Gasteiger partial charge in [-0.1, -0.05) is 18.9 Å². The van der Waals surface area contributed by atoms with Gasteiger partial charge in [-0.3, -0.25) is 5.10 Å². The second-order valence-corrected chi connectivity index (χ2v) is 8.38. The van der Waals surface area contributed by atoms with Crippen LogP contribution in [0.15, 0.2) is 18.3 Å². The maximum Gasteiger partial charge on any atom is 0.130 e. The number of fused-ring (bicyclic) bond motifs is 7. The minimum atomic E-state index is -0.905. The Kier molecular flexibility index (Phi) is 2.81. The maximum absolute atomic E-state index is 11.0. The Balaban J connectivity index is 1.58. The Morgan fingerprint density at radius 1 is 1.29 bits per heavy atom. The lowest BCUT2D eigenvalue weighted by Gasteiger charge is -2.52. The van der Waals surface area contributed by atoms with Crippen LogP contribution in [0.1, 0.15) is 56.1 Å². The molecule has 24 heavy (non-hydrogen) atoms. The Morgan fingerprint density at radius 2 is 2.17 bits per heavy atom. The van der Waals surface area contributed by atoms with Gasteiger partial charge in [-0.05, 0) is 73.5 Å². The van der Waals surface area contributed by atoms with Crippen LogP contribution in [0.2, 0.25) is 0 Å². The molecule has 5 rings (SSSR count). The second kappa shape index (κ2) is 4.64. The fourth-order valence-corrected chi connectivity index (χ4v) is 6.36. The van der Waals surface area contributed by atoms with Gasteiger partial charge in [0.1, 0.15) is 5.60 Å². The molecule has 2 saturated carbocycles. The summed E-state index contributed by atoms with van der Waals surface area (Å²) < 4.78 is 0. The molecule has 0 saturated heterocycles. The zero-order valence-corrected chi connectivity index (χ0v) is 14.2. The van der Waals surface area contributed by atoms with Gasteiger partial charge in [0, 0.05) is 10.8 Å². The van der Waals surface area contributed by atoms with Gasteiger partial charge >= 0.3 is 0 Å². The third kappa shape index (κ3) is 1.60. The average molecular weight is 320 g/mol. The number of terminal acetylenes is 1. The first-order valence-electron chi connectivity index (χ1n) is 9.22. The highest BCUT2D eigenvalue weighted by molar-refractivity contribution is 5.83. The monoisotopic (exact) mass is 320 g/mol. The van der Waals surface area contributed by atoms with Crippen molar-refractivity contribution in [3.8, 4) is 12.3 Å². The lowest BCUT2D eigenvalue weighted by atomic mass is 9.53. The average Bonchev–Trinajstić information content (AvgIpc) is 3.18. The zero-order valence-electron chi connectivity index (χ0n) is 14.2. The first-order valence-corrected chi connectivity index (χ1v) is 9.22. The summed E-state index contributed by atoms with van der Waals surface area (Å²) in [5.74, 6) is 4.58. The molecule has 1 aromatic heterocycles. The molecular weight excluding hydrogens is 296 g/mol. The predicted octanol–water partition coefficient (Wildman–Crippen LogP) is 3.78. The van der Waals surface area contributed by atoms with Gasteiger partial charge in [-0.25, -0.2) is 0 Å². The highest BCUT2D eigenvalue weighted by Gasteiger charge is 2.61. The predicted molar refractivity (Wildman–Crippen MR) is 94.5 cm³/mol. The summed E-state index contributed by atoms with van der Waals surface area (Å²) in [6, 6.07) is 4.50. The number of aromatic nitrogens is 2. The van der Waals surface area contributed by atoms with Crippen molar-refractivity contribution in [2.45, 2.75) is 57.0 Å². The van der Waals surface area contributed by atoms with Crippen molar-refractivity contribution in [2.75, 3.05) is 0 Å². The Labute approximate surface area is 142 Å². The third-order valence-electron chi connectivity index (χ3n) is 7.73. The van der Waals surface area contributed by atoms with Crippen LogP contribution in [-0.2, 0) is 6.42 Å². The summed E-state index contributed by atoms with van der Waals surface area (Å²) in [7, 11) is 0. The van der Waals surface area contributed by atoms with E-state index >= 15 is 0 Å². The number of aryl methyl sites for hydroxylation is 1. The van der Waals surface area contributed by atoms with Crippen LogP contribution in [0, 0.1) is 29.6 Å². The van der Waals surface area contributed by atoms with E-state index in [1.54, 1.807) is 0 Å². The summed E-state index contributed by atoms with van der Waals surface area (Å²) in [4.78, 5) is 0. The zero-order chi connectivity index (χ0) is 16.5. The number of H-pyrrole nitrogens is 1. The second-order valence-electron chi connectivity index (χ2n) is 8.38. The van der Waals surface area contributed by atoms with Crippen molar-refractivity contribution in [1.29, 1.82) is 0 Å². The topological polar surface area (TPSA) is 48.9 Å². The molecular formula is C21H24N2O. The molecule has 0 radical (unpaired) electrons. The highest BCUT2D eigenvalue weighted by atomic mass is 16.3. The third-order valence-corrected chi connectivity index (χ3v) is 7.73. The van der Waals surface area contributed by atoms with Crippen molar-refractivity contribution in [1.82, 2.24) is 10.2 Å². The standard InChI is InChI=1S/C21H24N2O/c1-3-21(24)11-9-18-16-5-4-14-13(15(16)8-10-20(18,21)2)6-7-19-17(14)12-22-23-19/h1,6-7,12,15-16,18,24H,4-5,8-11H2,2H3,(H,22,23). The molecule has 0 spiro atoms. The molecule has 1 aromatic carbocycles. The van der Waals surface area contributed by atoms with Crippen LogP contribution in [-0.4, -0.2) is 20.9 Å². The number of nitrogens with zero attached hydrogens (tertiary/aromatic N) is 1. The number of aromatic amines is 1. The van der Waals surface area contributed by atoms with Crippen LogP contribution in [0.4, 0.5) is 0 Å². The maximum atomic E-state index is 11.0. The van der Waals surface area contributed by atoms with Gasteiger partial charge in [0.2, 0.25) is 0 Å². The summed E-state index contributed by atoms with van der Waals surface area (Å²) in [6.45, 7) is 2.25. The Morgan fingerprint density at radius 3 is 3.00 bits per heavy atom. The number of nitrogens with one attached hydrogen (secondary N) is 1. The molecule has 1 heterocycles. The van der Waals surface area contributed by atoms with Crippen molar-refractivity contribution in [2.24, 2.45) is 17.3 Å². The van der Waals surface area contributed by atoms with Crippen LogP contribution in [0.5, 0.6) is 0 Å². The number of benzene rings is 1. The largest absolute Gasteiger partial charge is 0.377 e. The van der Waals surface area contributed by atoms with Gasteiger partial charge < -0.3 is 5.11 Å². The molecule has 2 fully saturated rings. The quantitative estimate of drug-likeness (QED) is 0.726. The van der Waals surface area contributed by atoms with Gasteiger partial charge in [0.15, 0.2) is 0 Å². The van der Waals surface area contributed by atoms with Crippen LogP contribution in [0.25, 0.3) is 10.9 Å². The van der Waals surface area contributed by atoms with E-state index in [2.05, 4.69) is 35.2 Å². The van der Waals surface area contributed by atoms with Crippen LogP contribution < -0.4 is 0 Å². The summed E-state index contributed by atoms with van der Waals surface area (Å²) in [5, 5.41) is 19.6. The van der Waals surface area contributed by atoms with E-state index in [-0.39, 0.29) is 5.41 Å². The first-order chi connectivity index (χ1) is 11.6. The lowest BCUT2D eigenvalue weighted by Crippen LogP contribution is -2.50. The van der Waals surface area contributed by atoms with Crippen LogP contribution in [0.3, 0.4) is 0 Å². The summed E-state index contributed by atoms with van der Waals surface area (Å²) >= 11 is 0. The van der Waals surface area contributed by atoms with E-state index in [4.69, 9.17) is 6.42 Å². The molecule has 0 bridgehead atoms. The number of rotatable bonds is 0. The fourth-order valence-electron chi connectivity index (χ4n) is 6.36. The molecule has 3 nitrogen and oxygen atoms in total. The van der Waals surface area contributed by atoms with Crippen molar-refractivity contribution in [3.63, 3.8) is 0 Å². The number of hydrogen-bond donors (Lipinski definition) is 2. The Bertz CT molecular complexity index is 862. The SMILES string of the molecule is C#CC1(O)CCC2C3CCc4c(ccc5[nH]ncc45)C3CCC21C. The normalized spacial score (nSPS) is 40.6. The number of hydrogen-bond acceptors (Lipinski definition) is 2. The molecule has 3 heteroatoms. The lowest BCUT2D eigenvalue weighted by molar-refractivity contribution is -0.0646. The van der Waals surface area contributed by atoms with E-state index in [0.717, 1.165) is 37.6 Å². The van der Waals surface area contributed by atoms with Gasteiger partial charge in [-0.15, -0.1) is 6.42 Å². The minimum Gasteiger partial charge on any atom is -0.377 e. The first kappa shape index (κ1) is 14.5. The smallest absolute Gasteiger partial charge is 0.130 e. The van der Waals surface area contributed by atoms with E-state index in [1.807, 2.05) is 6.20 Å². The molecule has 3 aliphatic rings. The fraction of sp³-hybridized carbons (Fsp3) is 0.571. The molecule has 5 unspecified atom stereocenters. The molecule has 0 aliphatic heterocycles. The van der Waals surface area contributed by atoms with Crippen molar-refractivity contribution >= 4 is 10.9 Å². The van der Waals surface area contributed by atoms with Crippen molar-refractivity contribution in [3.05, 3.63) is 29.5 Å². The van der Waals surface area contributed by atoms with Gasteiger partial charge in [0.05, 0.1) is 11.7 Å². The molecule has 0 amide bonds. The summed E-state index contributed by atoms with van der Waals surface area (Å²) in [5.41, 5.74) is 3.16. The van der Waals surface area contributed by atoms with E-state index < -0.39 is 5.60 Å². The van der Waals surface area contributed by atoms with Gasteiger partial charge in [-0.2, -0.15) is 5.10 Å². The minimum absolute atomic E-state index is 0.111. The molecule has 5 atom stereocenters. The molecule has 3 aliphatic carbocycles. The molecule has 124 valence electrons. The van der Waals surface area contributed by atoms with E-state index in [0.29, 0.717) is 17.8 Å². The highest BCUT2D eigenvalue weighted by Crippen LogP contribution is 2.64. The molecule has 2 N–H and O–H groups in total. The Hall–Kier alpha value is -1.79.